The number of H-pyrrole nitrogens is 1. The third-order valence-corrected chi connectivity index (χ3v) is 7.51. The maximum atomic E-state index is 11.6. The average molecular weight is 703 g/mol. The van der Waals surface area contributed by atoms with Crippen molar-refractivity contribution < 1.29 is 33.3 Å². The smallest absolute Gasteiger partial charge is 0.354 e. The van der Waals surface area contributed by atoms with Gasteiger partial charge >= 0.3 is 11.9 Å². The Kier molecular flexibility index (Phi) is 13.0. The van der Waals surface area contributed by atoms with Crippen molar-refractivity contribution in [2.24, 2.45) is 0 Å². The molecule has 3 heterocycles. The van der Waals surface area contributed by atoms with Crippen LogP contribution in [0.4, 0.5) is 0 Å². The fourth-order valence-electron chi connectivity index (χ4n) is 5.05. The highest BCUT2D eigenvalue weighted by Crippen LogP contribution is 2.23. The van der Waals surface area contributed by atoms with Gasteiger partial charge in [-0.25, -0.2) is 14.8 Å². The number of aliphatic carboxylic acids is 1. The molecule has 0 saturated carbocycles. The number of carbonyl (C=O) groups excluding carboxylic acids is 1. The Bertz CT molecular complexity index is 2100. The lowest BCUT2D eigenvalue weighted by Crippen LogP contribution is -2.29. The predicted molar refractivity (Wildman–Crippen MR) is 193 cm³/mol. The van der Waals surface area contributed by atoms with E-state index in [1.807, 2.05) is 109 Å². The van der Waals surface area contributed by atoms with Crippen molar-refractivity contribution in [1.29, 1.82) is 0 Å². The van der Waals surface area contributed by atoms with E-state index in [-0.39, 0.29) is 17.8 Å². The summed E-state index contributed by atoms with van der Waals surface area (Å²) in [5.74, 6) is 1.86. The summed E-state index contributed by atoms with van der Waals surface area (Å²) in [7, 11) is 1.26. The normalized spacial score (nSPS) is 10.6. The number of nitrogens with one attached hydrogen (secondary N) is 1. The molecule has 0 saturated heterocycles. The molecular formula is C40H38N4O8. The fourth-order valence-corrected chi connectivity index (χ4v) is 5.05. The molecule has 2 N–H and O–H groups in total. The van der Waals surface area contributed by atoms with Gasteiger partial charge in [-0.15, -0.1) is 0 Å². The number of rotatable bonds is 14. The van der Waals surface area contributed by atoms with E-state index in [2.05, 4.69) is 19.7 Å². The number of pyridine rings is 2. The third-order valence-electron chi connectivity index (χ3n) is 7.51. The van der Waals surface area contributed by atoms with Crippen LogP contribution in [0.5, 0.6) is 17.4 Å². The second kappa shape index (κ2) is 18.5. The first-order valence-corrected chi connectivity index (χ1v) is 16.4. The van der Waals surface area contributed by atoms with Crippen molar-refractivity contribution in [3.8, 4) is 28.8 Å². The lowest BCUT2D eigenvalue weighted by molar-refractivity contribution is -0.138. The number of carboxylic acids is 1. The van der Waals surface area contributed by atoms with Crippen LogP contribution in [-0.4, -0.2) is 57.2 Å². The summed E-state index contributed by atoms with van der Waals surface area (Å²) in [6, 6.07) is 36.8. The number of aromatic nitrogens is 3. The monoisotopic (exact) mass is 702 g/mol. The van der Waals surface area contributed by atoms with Crippen LogP contribution < -0.4 is 15.0 Å². The molecule has 0 aliphatic rings. The molecule has 266 valence electrons. The zero-order valence-corrected chi connectivity index (χ0v) is 28.7. The molecule has 52 heavy (non-hydrogen) atoms. The number of nitrogens with zero attached hydrogens (tertiary/aromatic N) is 3. The summed E-state index contributed by atoms with van der Waals surface area (Å²) in [6.07, 6.45) is 0.573. The van der Waals surface area contributed by atoms with Gasteiger partial charge in [0.15, 0.2) is 0 Å². The largest absolute Gasteiger partial charge is 0.480 e. The van der Waals surface area contributed by atoms with Gasteiger partial charge in [-0.05, 0) is 61.0 Å². The summed E-state index contributed by atoms with van der Waals surface area (Å²) in [5.41, 5.74) is 3.31. The van der Waals surface area contributed by atoms with Crippen LogP contribution in [0.1, 0.15) is 33.2 Å². The zero-order valence-electron chi connectivity index (χ0n) is 28.7. The highest BCUT2D eigenvalue weighted by atomic mass is 16.5. The van der Waals surface area contributed by atoms with Gasteiger partial charge < -0.3 is 28.7 Å². The molecule has 6 aromatic rings. The number of carboxylic acid groups (broad SMARTS) is 1. The molecular weight excluding hydrogens is 664 g/mol. The summed E-state index contributed by atoms with van der Waals surface area (Å²) in [6.45, 7) is 2.96. The molecule has 0 aliphatic heterocycles. The first-order chi connectivity index (χ1) is 25.2. The topological polar surface area (TPSA) is 157 Å². The average Bonchev–Trinajstić information content (AvgIpc) is 3.53. The van der Waals surface area contributed by atoms with Crippen LogP contribution >= 0.6 is 0 Å². The van der Waals surface area contributed by atoms with Gasteiger partial charge in [0, 0.05) is 37.2 Å². The molecule has 0 aliphatic carbocycles. The third kappa shape index (κ3) is 11.3. The maximum absolute atomic E-state index is 11.6. The number of aryl methyl sites for hydroxylation is 1. The molecule has 6 rings (SSSR count). The van der Waals surface area contributed by atoms with E-state index in [0.29, 0.717) is 43.6 Å². The minimum Gasteiger partial charge on any atom is -0.480 e. The molecule has 0 unspecified atom stereocenters. The number of aromatic amines is 1. The van der Waals surface area contributed by atoms with Gasteiger partial charge in [-0.3, -0.25) is 14.5 Å². The van der Waals surface area contributed by atoms with E-state index in [0.717, 1.165) is 34.0 Å². The number of para-hydroxylation sites is 1. The Morgan fingerprint density at radius 2 is 1.50 bits per heavy atom. The Hall–Kier alpha value is -6.53. The Labute approximate surface area is 300 Å². The number of esters is 1. The fraction of sp³-hybridized carbons (Fsp3) is 0.175. The number of hydrogen-bond acceptors (Lipinski definition) is 10. The van der Waals surface area contributed by atoms with Gasteiger partial charge in [-0.2, -0.15) is 0 Å². The van der Waals surface area contributed by atoms with E-state index < -0.39 is 11.9 Å². The summed E-state index contributed by atoms with van der Waals surface area (Å²) >= 11 is 0. The Morgan fingerprint density at radius 3 is 2.19 bits per heavy atom. The summed E-state index contributed by atoms with van der Waals surface area (Å²) in [5, 5.41) is 9.50. The maximum Gasteiger partial charge on any atom is 0.354 e. The van der Waals surface area contributed by atoms with Gasteiger partial charge in [0.25, 0.3) is 0 Å². The second-order valence-electron chi connectivity index (χ2n) is 11.5. The Balaban J connectivity index is 0.000000407. The molecule has 0 fully saturated rings. The van der Waals surface area contributed by atoms with Crippen LogP contribution in [0.2, 0.25) is 0 Å². The predicted octanol–water partition coefficient (Wildman–Crippen LogP) is 6.71. The lowest BCUT2D eigenvalue weighted by atomic mass is 10.2. The molecule has 0 bridgehead atoms. The number of oxazole rings is 1. The summed E-state index contributed by atoms with van der Waals surface area (Å²) < 4.78 is 22.0. The van der Waals surface area contributed by atoms with E-state index in [9.17, 15) is 19.5 Å². The van der Waals surface area contributed by atoms with Crippen molar-refractivity contribution in [3.05, 3.63) is 160 Å². The van der Waals surface area contributed by atoms with E-state index in [1.54, 1.807) is 6.07 Å². The molecule has 0 radical (unpaired) electrons. The van der Waals surface area contributed by atoms with Crippen molar-refractivity contribution in [2.45, 2.75) is 26.4 Å². The van der Waals surface area contributed by atoms with Crippen LogP contribution in [0.25, 0.3) is 11.5 Å². The van der Waals surface area contributed by atoms with Gasteiger partial charge in [0.2, 0.25) is 17.3 Å². The molecule has 12 heteroatoms. The van der Waals surface area contributed by atoms with Gasteiger partial charge in [0.05, 0.1) is 31.6 Å². The van der Waals surface area contributed by atoms with E-state index in [1.165, 1.54) is 25.3 Å². The van der Waals surface area contributed by atoms with Gasteiger partial charge in [-0.1, -0.05) is 60.7 Å². The highest BCUT2D eigenvalue weighted by molar-refractivity contribution is 5.86. The molecule has 0 atom stereocenters. The quantitative estimate of drug-likeness (QED) is 0.116. The first kappa shape index (κ1) is 36.7. The minimum absolute atomic E-state index is 0.121. The standard InChI is InChI=1S/C33H31N3O5.C7H7NO3/c1-24-30(35-33(40-24)26-9-4-2-5-10-26)19-20-39-31-14-8-11-27(34-31)22-36(23-32(37)38)21-25-15-17-29(18-16-25)41-28-12-6-3-7-13-28;1-11-7(10)5-3-2-4-6(9)8-5/h2-18H,19-23H2,1H3,(H,37,38);2-4H,1H3,(H,8,9). The SMILES string of the molecule is COC(=O)c1cccc(=O)[nH]1.Cc1oc(-c2ccccc2)nc1CCOc1cccc(CN(CC(=O)O)Cc2ccc(Oc3ccccc3)cc2)n1. The van der Waals surface area contributed by atoms with Crippen molar-refractivity contribution >= 4 is 11.9 Å². The molecule has 3 aromatic heterocycles. The summed E-state index contributed by atoms with van der Waals surface area (Å²) in [4.78, 5) is 46.4. The number of methoxy groups -OCH3 is 1. The number of ether oxygens (including phenoxy) is 3. The first-order valence-electron chi connectivity index (χ1n) is 16.4. The van der Waals surface area contributed by atoms with Crippen LogP contribution in [0, 0.1) is 6.92 Å². The number of carbonyl (C=O) groups is 2. The van der Waals surface area contributed by atoms with Crippen molar-refractivity contribution in [2.75, 3.05) is 20.3 Å². The van der Waals surface area contributed by atoms with E-state index >= 15 is 0 Å². The molecule has 0 spiro atoms. The van der Waals surface area contributed by atoms with Crippen molar-refractivity contribution in [3.63, 3.8) is 0 Å². The van der Waals surface area contributed by atoms with Crippen LogP contribution in [-0.2, 0) is 29.0 Å². The van der Waals surface area contributed by atoms with Crippen LogP contribution in [0.3, 0.4) is 0 Å². The minimum atomic E-state index is -0.903. The lowest BCUT2D eigenvalue weighted by Gasteiger charge is -2.20. The van der Waals surface area contributed by atoms with E-state index in [4.69, 9.17) is 13.9 Å². The number of benzene rings is 3. The second-order valence-corrected chi connectivity index (χ2v) is 11.5. The van der Waals surface area contributed by atoms with Gasteiger partial charge in [0.1, 0.15) is 23.0 Å². The zero-order chi connectivity index (χ0) is 36.7. The van der Waals surface area contributed by atoms with Crippen molar-refractivity contribution in [1.82, 2.24) is 19.9 Å². The highest BCUT2D eigenvalue weighted by Gasteiger charge is 2.14. The number of hydrogen-bond donors (Lipinski definition) is 2. The molecule has 0 amide bonds. The molecule has 12 nitrogen and oxygen atoms in total. The Morgan fingerprint density at radius 1 is 0.808 bits per heavy atom. The molecule has 3 aromatic carbocycles. The van der Waals surface area contributed by atoms with Crippen LogP contribution in [0.15, 0.2) is 131 Å².